The minimum Gasteiger partial charge on any atom is -0.504 e. The van der Waals surface area contributed by atoms with Crippen molar-refractivity contribution < 1.29 is 24.2 Å². The van der Waals surface area contributed by atoms with Crippen molar-refractivity contribution in [3.05, 3.63) is 57.1 Å². The number of halogens is 1. The van der Waals surface area contributed by atoms with Crippen LogP contribution in [0.3, 0.4) is 0 Å². The number of likely N-dealkylation sites (N-methyl/N-ethyl adjacent to an activating group) is 1. The molecule has 5 atom stereocenters. The number of methoxy groups -OCH3 is 2. The van der Waals surface area contributed by atoms with Crippen LogP contribution in [0.15, 0.2) is 40.0 Å². The van der Waals surface area contributed by atoms with Crippen LogP contribution in [-0.4, -0.2) is 55.5 Å². The van der Waals surface area contributed by atoms with Gasteiger partial charge < -0.3 is 24.3 Å². The molecule has 0 spiro atoms. The molecule has 8 heteroatoms. The zero-order chi connectivity index (χ0) is 25.9. The predicted octanol–water partition coefficient (Wildman–Crippen LogP) is 5.12. The fraction of sp³-hybridized carbons (Fsp3) is 0.517. The smallest absolute Gasteiger partial charge is 0.319 e. The molecular formula is C29H33BrN2O5. The minimum atomic E-state index is -0.733. The Morgan fingerprint density at radius 2 is 2.00 bits per heavy atom. The fourth-order valence-corrected chi connectivity index (χ4v) is 7.89. The van der Waals surface area contributed by atoms with Crippen LogP contribution < -0.4 is 4.74 Å². The summed E-state index contributed by atoms with van der Waals surface area (Å²) in [6.07, 6.45) is 5.74. The third-order valence-electron chi connectivity index (χ3n) is 9.34. The maximum atomic E-state index is 13.2. The average Bonchev–Trinajstić information content (AvgIpc) is 3.35. The molecule has 4 aliphatic rings. The normalized spacial score (nSPS) is 30.5. The summed E-state index contributed by atoms with van der Waals surface area (Å²) in [6, 6.07) is 9.92. The van der Waals surface area contributed by atoms with Crippen molar-refractivity contribution in [3.8, 4) is 11.5 Å². The highest BCUT2D eigenvalue weighted by Gasteiger charge is 2.56. The van der Waals surface area contributed by atoms with Gasteiger partial charge in [-0.25, -0.2) is 0 Å². The molecule has 2 aliphatic heterocycles. The molecule has 6 rings (SSSR count). The van der Waals surface area contributed by atoms with E-state index in [0.29, 0.717) is 23.4 Å². The van der Waals surface area contributed by atoms with Gasteiger partial charge in [-0.2, -0.15) is 0 Å². The topological polar surface area (TPSA) is 80.6 Å². The first-order valence-electron chi connectivity index (χ1n) is 13.1. The van der Waals surface area contributed by atoms with E-state index in [9.17, 15) is 9.90 Å². The van der Waals surface area contributed by atoms with Crippen LogP contribution in [0.5, 0.6) is 11.5 Å². The number of carbonyl (C=O) groups excluding carboxylic acids is 1. The fourth-order valence-electron chi connectivity index (χ4n) is 7.63. The first-order chi connectivity index (χ1) is 17.9. The van der Waals surface area contributed by atoms with E-state index in [1.54, 1.807) is 7.11 Å². The first kappa shape index (κ1) is 24.7. The second-order valence-electron chi connectivity index (χ2n) is 10.9. The lowest BCUT2D eigenvalue weighted by Crippen LogP contribution is -2.60. The van der Waals surface area contributed by atoms with Gasteiger partial charge >= 0.3 is 5.97 Å². The van der Waals surface area contributed by atoms with Crippen molar-refractivity contribution in [3.63, 3.8) is 0 Å². The Morgan fingerprint density at radius 3 is 2.73 bits per heavy atom. The Kier molecular flexibility index (Phi) is 6.23. The molecule has 2 heterocycles. The lowest BCUT2D eigenvalue weighted by molar-refractivity contribution is -0.146. The molecule has 37 heavy (non-hydrogen) atoms. The number of carbonyl (C=O) groups is 1. The Bertz CT molecular complexity index is 1260. The third kappa shape index (κ3) is 3.70. The van der Waals surface area contributed by atoms with Crippen LogP contribution in [0, 0.1) is 11.8 Å². The summed E-state index contributed by atoms with van der Waals surface area (Å²) in [4.78, 5) is 21.8. The van der Waals surface area contributed by atoms with Crippen molar-refractivity contribution in [1.82, 2.24) is 4.90 Å². The van der Waals surface area contributed by atoms with Gasteiger partial charge in [0.25, 0.3) is 0 Å². The predicted molar refractivity (Wildman–Crippen MR) is 143 cm³/mol. The number of phenols is 1. The Balaban J connectivity index is 1.52. The van der Waals surface area contributed by atoms with E-state index in [1.165, 1.54) is 20.0 Å². The highest BCUT2D eigenvalue weighted by Crippen LogP contribution is 2.60. The molecule has 2 fully saturated rings. The van der Waals surface area contributed by atoms with Gasteiger partial charge in [-0.05, 0) is 69.0 Å². The first-order valence-corrected chi connectivity index (χ1v) is 13.9. The number of hydrogen-bond acceptors (Lipinski definition) is 7. The number of piperidine rings is 1. The lowest BCUT2D eigenvalue weighted by Gasteiger charge is -2.58. The van der Waals surface area contributed by atoms with E-state index in [4.69, 9.17) is 14.3 Å². The number of esters is 1. The summed E-state index contributed by atoms with van der Waals surface area (Å²) in [5.74, 6) is 0.0382. The lowest BCUT2D eigenvalue weighted by atomic mass is 9.51. The summed E-state index contributed by atoms with van der Waals surface area (Å²) in [5, 5.41) is 16.0. The molecule has 0 aromatic heterocycles. The molecule has 196 valence electrons. The molecule has 1 saturated heterocycles. The number of rotatable bonds is 4. The van der Waals surface area contributed by atoms with Gasteiger partial charge in [-0.1, -0.05) is 46.1 Å². The SMILES string of the molecule is COC(=O)[C@H]1C(c2ccc(Br)cc2)=NO[C@@H]1c1cc(OC)c(O)c2c1CC1C3CCCCC23CCN1C. The number of nitrogens with zero attached hydrogens (tertiary/aromatic N) is 2. The number of likely N-dealkylation sites (tertiary alicyclic amines) is 1. The second-order valence-corrected chi connectivity index (χ2v) is 11.8. The van der Waals surface area contributed by atoms with Gasteiger partial charge in [-0.3, -0.25) is 4.79 Å². The van der Waals surface area contributed by atoms with Gasteiger partial charge in [0.15, 0.2) is 17.6 Å². The number of fused-ring (bicyclic) bond motifs is 1. The molecule has 1 saturated carbocycles. The van der Waals surface area contributed by atoms with Crippen LogP contribution in [0.2, 0.25) is 0 Å². The van der Waals surface area contributed by atoms with Crippen LogP contribution in [0.1, 0.15) is 60.5 Å². The van der Waals surface area contributed by atoms with E-state index < -0.39 is 18.0 Å². The molecule has 3 unspecified atom stereocenters. The van der Waals surface area contributed by atoms with Crippen LogP contribution >= 0.6 is 15.9 Å². The highest BCUT2D eigenvalue weighted by atomic mass is 79.9. The summed E-state index contributed by atoms with van der Waals surface area (Å²) in [7, 11) is 5.20. The van der Waals surface area contributed by atoms with Gasteiger partial charge in [0.05, 0.1) is 14.2 Å². The van der Waals surface area contributed by atoms with Crippen LogP contribution in [0.25, 0.3) is 0 Å². The minimum absolute atomic E-state index is 0.0921. The van der Waals surface area contributed by atoms with Crippen molar-refractivity contribution >= 4 is 27.6 Å². The number of hydrogen-bond donors (Lipinski definition) is 1. The molecule has 2 aliphatic carbocycles. The van der Waals surface area contributed by atoms with Crippen molar-refractivity contribution in [2.75, 3.05) is 27.8 Å². The van der Waals surface area contributed by atoms with Crippen LogP contribution in [0.4, 0.5) is 0 Å². The van der Waals surface area contributed by atoms with Gasteiger partial charge in [0.1, 0.15) is 11.6 Å². The van der Waals surface area contributed by atoms with Gasteiger partial charge in [0, 0.05) is 32.6 Å². The van der Waals surface area contributed by atoms with Crippen LogP contribution in [-0.2, 0) is 26.2 Å². The third-order valence-corrected chi connectivity index (χ3v) is 9.87. The largest absolute Gasteiger partial charge is 0.504 e. The monoisotopic (exact) mass is 568 g/mol. The quantitative estimate of drug-likeness (QED) is 0.516. The van der Waals surface area contributed by atoms with Gasteiger partial charge in [-0.15, -0.1) is 0 Å². The molecule has 1 N–H and O–H groups in total. The summed E-state index contributed by atoms with van der Waals surface area (Å²) in [5.41, 5.74) is 4.22. The zero-order valence-electron chi connectivity index (χ0n) is 21.5. The molecule has 0 radical (unpaired) electrons. The van der Waals surface area contributed by atoms with E-state index in [1.807, 2.05) is 30.3 Å². The van der Waals surface area contributed by atoms with E-state index in [-0.39, 0.29) is 11.2 Å². The van der Waals surface area contributed by atoms with E-state index in [0.717, 1.165) is 59.0 Å². The summed E-state index contributed by atoms with van der Waals surface area (Å²) in [6.45, 7) is 1.01. The summed E-state index contributed by atoms with van der Waals surface area (Å²) < 4.78 is 11.9. The molecule has 0 amide bonds. The number of ether oxygens (including phenoxy) is 2. The van der Waals surface area contributed by atoms with E-state index >= 15 is 0 Å². The number of benzene rings is 2. The number of oxime groups is 1. The molecule has 2 bridgehead atoms. The Morgan fingerprint density at radius 1 is 1.22 bits per heavy atom. The Labute approximate surface area is 225 Å². The summed E-state index contributed by atoms with van der Waals surface area (Å²) >= 11 is 3.48. The Hall–Kier alpha value is -2.58. The number of phenolic OH excluding ortho intramolecular Hbond substituents is 1. The van der Waals surface area contributed by atoms with Crippen molar-refractivity contribution in [2.45, 2.75) is 56.1 Å². The maximum absolute atomic E-state index is 13.2. The molecule has 2 aromatic rings. The van der Waals surface area contributed by atoms with E-state index in [2.05, 4.69) is 33.0 Å². The molecular weight excluding hydrogens is 536 g/mol. The maximum Gasteiger partial charge on any atom is 0.319 e. The standard InChI is InChI=1S/C29H33BrN2O5/c1-32-13-12-29-11-5-4-6-20(29)21(32)14-18-19(15-22(35-2)26(33)24(18)29)27-23(28(34)36-3)25(31-37-27)16-7-9-17(30)10-8-16/h7-10,15,20-21,23,27,33H,4-6,11-14H2,1-3H3/t20?,21?,23-,27+,29?/m0/s1. The zero-order valence-corrected chi connectivity index (χ0v) is 23.1. The average molecular weight is 569 g/mol. The van der Waals surface area contributed by atoms with Crippen molar-refractivity contribution in [1.29, 1.82) is 0 Å². The van der Waals surface area contributed by atoms with Crippen molar-refractivity contribution in [2.24, 2.45) is 17.0 Å². The molecule has 2 aromatic carbocycles. The van der Waals surface area contributed by atoms with Gasteiger partial charge in [0.2, 0.25) is 0 Å². The highest BCUT2D eigenvalue weighted by molar-refractivity contribution is 9.10. The second kappa shape index (κ2) is 9.31. The number of aromatic hydroxyl groups is 1. The molecule has 7 nitrogen and oxygen atoms in total.